The summed E-state index contributed by atoms with van der Waals surface area (Å²) < 4.78 is 13.3. The molecule has 1 aromatic carbocycles. The van der Waals surface area contributed by atoms with E-state index in [4.69, 9.17) is 5.11 Å². The van der Waals surface area contributed by atoms with Crippen LogP contribution >= 0.6 is 0 Å². The molecule has 1 aliphatic rings. The standard InChI is InChI=1S/C15H20FNO2/c1-2-10-5-3-4-6-14(10)17-11-7-8-13(16)12(9-11)15(18)19/h7-10,14,17H,2-6H2,1H3,(H,18,19). The normalized spacial score (nSPS) is 23.1. The van der Waals surface area contributed by atoms with Gasteiger partial charge in [0.25, 0.3) is 0 Å². The average Bonchev–Trinajstić information content (AvgIpc) is 2.41. The lowest BCUT2D eigenvalue weighted by molar-refractivity contribution is 0.0692. The van der Waals surface area contributed by atoms with Gasteiger partial charge in [-0.1, -0.05) is 26.2 Å². The Morgan fingerprint density at radius 3 is 2.84 bits per heavy atom. The van der Waals surface area contributed by atoms with Gasteiger partial charge in [0.1, 0.15) is 5.82 Å². The van der Waals surface area contributed by atoms with Crippen LogP contribution in [0.25, 0.3) is 0 Å². The minimum Gasteiger partial charge on any atom is -0.478 e. The number of carboxylic acid groups (broad SMARTS) is 1. The van der Waals surface area contributed by atoms with E-state index in [2.05, 4.69) is 12.2 Å². The highest BCUT2D eigenvalue weighted by atomic mass is 19.1. The van der Waals surface area contributed by atoms with Gasteiger partial charge in [-0.25, -0.2) is 9.18 Å². The van der Waals surface area contributed by atoms with E-state index in [1.165, 1.54) is 31.4 Å². The van der Waals surface area contributed by atoms with E-state index in [0.717, 1.165) is 12.8 Å². The van der Waals surface area contributed by atoms with Crippen LogP contribution in [0.5, 0.6) is 0 Å². The summed E-state index contributed by atoms with van der Waals surface area (Å²) >= 11 is 0. The molecule has 1 fully saturated rings. The molecule has 104 valence electrons. The Labute approximate surface area is 112 Å². The van der Waals surface area contributed by atoms with Crippen molar-refractivity contribution in [3.05, 3.63) is 29.6 Å². The van der Waals surface area contributed by atoms with Crippen LogP contribution in [-0.2, 0) is 0 Å². The number of carboxylic acids is 1. The maximum Gasteiger partial charge on any atom is 0.338 e. The van der Waals surface area contributed by atoms with E-state index in [9.17, 15) is 9.18 Å². The Bertz CT molecular complexity index is 461. The lowest BCUT2D eigenvalue weighted by Gasteiger charge is -2.32. The highest BCUT2D eigenvalue weighted by Crippen LogP contribution is 2.29. The van der Waals surface area contributed by atoms with Crippen molar-refractivity contribution in [2.45, 2.75) is 45.1 Å². The first-order chi connectivity index (χ1) is 9.11. The van der Waals surface area contributed by atoms with Crippen molar-refractivity contribution in [1.29, 1.82) is 0 Å². The number of halogens is 1. The minimum atomic E-state index is -1.23. The van der Waals surface area contributed by atoms with E-state index in [1.807, 2.05) is 0 Å². The van der Waals surface area contributed by atoms with Crippen LogP contribution in [0.1, 0.15) is 49.4 Å². The molecule has 2 N–H and O–H groups in total. The van der Waals surface area contributed by atoms with Crippen molar-refractivity contribution in [1.82, 2.24) is 0 Å². The molecule has 1 aromatic rings. The number of hydrogen-bond donors (Lipinski definition) is 2. The lowest BCUT2D eigenvalue weighted by atomic mass is 9.83. The first-order valence-electron chi connectivity index (χ1n) is 6.91. The summed E-state index contributed by atoms with van der Waals surface area (Å²) in [5.41, 5.74) is 0.429. The van der Waals surface area contributed by atoms with Crippen LogP contribution < -0.4 is 5.32 Å². The number of benzene rings is 1. The van der Waals surface area contributed by atoms with Gasteiger partial charge in [-0.15, -0.1) is 0 Å². The van der Waals surface area contributed by atoms with Crippen LogP contribution in [0.3, 0.4) is 0 Å². The molecule has 1 aliphatic carbocycles. The third-order valence-corrected chi connectivity index (χ3v) is 3.98. The average molecular weight is 265 g/mol. The molecule has 0 aromatic heterocycles. The molecule has 0 amide bonds. The summed E-state index contributed by atoms with van der Waals surface area (Å²) in [7, 11) is 0. The predicted molar refractivity (Wildman–Crippen MR) is 73.0 cm³/mol. The molecule has 4 heteroatoms. The third-order valence-electron chi connectivity index (χ3n) is 3.98. The Balaban J connectivity index is 2.14. The molecular weight excluding hydrogens is 245 g/mol. The van der Waals surface area contributed by atoms with Gasteiger partial charge in [0.2, 0.25) is 0 Å². The summed E-state index contributed by atoms with van der Waals surface area (Å²) in [6.07, 6.45) is 5.88. The number of rotatable bonds is 4. The van der Waals surface area contributed by atoms with E-state index in [0.29, 0.717) is 17.6 Å². The molecule has 0 radical (unpaired) electrons. The molecule has 0 spiro atoms. The zero-order valence-electron chi connectivity index (χ0n) is 11.2. The quantitative estimate of drug-likeness (QED) is 0.868. The van der Waals surface area contributed by atoms with Crippen molar-refractivity contribution in [2.24, 2.45) is 5.92 Å². The molecule has 2 rings (SSSR count). The van der Waals surface area contributed by atoms with Crippen LogP contribution in [0.2, 0.25) is 0 Å². The molecule has 19 heavy (non-hydrogen) atoms. The molecule has 2 atom stereocenters. The molecular formula is C15H20FNO2. The Kier molecular flexibility index (Phi) is 4.40. The van der Waals surface area contributed by atoms with E-state index < -0.39 is 11.8 Å². The summed E-state index contributed by atoms with van der Waals surface area (Å²) in [6, 6.07) is 4.59. The Morgan fingerprint density at radius 2 is 2.16 bits per heavy atom. The monoisotopic (exact) mass is 265 g/mol. The minimum absolute atomic E-state index is 0.270. The maximum absolute atomic E-state index is 13.3. The first-order valence-corrected chi connectivity index (χ1v) is 6.91. The van der Waals surface area contributed by atoms with Gasteiger partial charge in [0.15, 0.2) is 0 Å². The summed E-state index contributed by atoms with van der Waals surface area (Å²) in [5.74, 6) is -1.29. The van der Waals surface area contributed by atoms with E-state index >= 15 is 0 Å². The number of anilines is 1. The largest absolute Gasteiger partial charge is 0.478 e. The lowest BCUT2D eigenvalue weighted by Crippen LogP contribution is -2.31. The van der Waals surface area contributed by atoms with Crippen molar-refractivity contribution < 1.29 is 14.3 Å². The van der Waals surface area contributed by atoms with Crippen molar-refractivity contribution in [2.75, 3.05) is 5.32 Å². The summed E-state index contributed by atoms with van der Waals surface area (Å²) in [4.78, 5) is 10.9. The van der Waals surface area contributed by atoms with Gasteiger partial charge in [0, 0.05) is 11.7 Å². The molecule has 0 bridgehead atoms. The van der Waals surface area contributed by atoms with Gasteiger partial charge < -0.3 is 10.4 Å². The first kappa shape index (κ1) is 13.8. The zero-order valence-corrected chi connectivity index (χ0v) is 11.2. The van der Waals surface area contributed by atoms with E-state index in [1.54, 1.807) is 6.07 Å². The van der Waals surface area contributed by atoms with Gasteiger partial charge in [-0.05, 0) is 37.0 Å². The molecule has 2 unspecified atom stereocenters. The molecule has 3 nitrogen and oxygen atoms in total. The fourth-order valence-corrected chi connectivity index (χ4v) is 2.88. The Hall–Kier alpha value is -1.58. The second-order valence-electron chi connectivity index (χ2n) is 5.20. The number of aromatic carboxylic acids is 1. The number of carbonyl (C=O) groups is 1. The second kappa shape index (κ2) is 6.04. The van der Waals surface area contributed by atoms with Gasteiger partial charge >= 0.3 is 5.97 Å². The fraction of sp³-hybridized carbons (Fsp3) is 0.533. The second-order valence-corrected chi connectivity index (χ2v) is 5.20. The summed E-state index contributed by atoms with van der Waals surface area (Å²) in [6.45, 7) is 2.18. The smallest absolute Gasteiger partial charge is 0.338 e. The van der Waals surface area contributed by atoms with Crippen molar-refractivity contribution in [3.63, 3.8) is 0 Å². The van der Waals surface area contributed by atoms with Crippen LogP contribution in [0.4, 0.5) is 10.1 Å². The predicted octanol–water partition coefficient (Wildman–Crippen LogP) is 3.90. The van der Waals surface area contributed by atoms with E-state index in [-0.39, 0.29) is 5.56 Å². The van der Waals surface area contributed by atoms with Crippen LogP contribution in [-0.4, -0.2) is 17.1 Å². The summed E-state index contributed by atoms with van der Waals surface area (Å²) in [5, 5.41) is 12.3. The van der Waals surface area contributed by atoms with Gasteiger partial charge in [-0.2, -0.15) is 0 Å². The number of hydrogen-bond acceptors (Lipinski definition) is 2. The molecule has 0 aliphatic heterocycles. The van der Waals surface area contributed by atoms with Crippen molar-refractivity contribution in [3.8, 4) is 0 Å². The van der Waals surface area contributed by atoms with Crippen molar-refractivity contribution >= 4 is 11.7 Å². The molecule has 0 saturated heterocycles. The van der Waals surface area contributed by atoms with Crippen LogP contribution in [0.15, 0.2) is 18.2 Å². The topological polar surface area (TPSA) is 49.3 Å². The SMILES string of the molecule is CCC1CCCCC1Nc1ccc(F)c(C(=O)O)c1. The Morgan fingerprint density at radius 1 is 1.42 bits per heavy atom. The fourth-order valence-electron chi connectivity index (χ4n) is 2.88. The highest BCUT2D eigenvalue weighted by Gasteiger charge is 2.23. The van der Waals surface area contributed by atoms with Gasteiger partial charge in [0.05, 0.1) is 5.56 Å². The maximum atomic E-state index is 13.3. The van der Waals surface area contributed by atoms with Crippen LogP contribution in [0, 0.1) is 11.7 Å². The third kappa shape index (κ3) is 3.25. The van der Waals surface area contributed by atoms with Gasteiger partial charge in [-0.3, -0.25) is 0 Å². The zero-order chi connectivity index (χ0) is 13.8. The highest BCUT2D eigenvalue weighted by molar-refractivity contribution is 5.89. The molecule has 0 heterocycles. The number of nitrogens with one attached hydrogen (secondary N) is 1. The molecule has 1 saturated carbocycles.